The van der Waals surface area contributed by atoms with E-state index in [1.54, 1.807) is 6.92 Å². The molecule has 0 aliphatic rings. The van der Waals surface area contributed by atoms with E-state index in [0.29, 0.717) is 12.2 Å². The first kappa shape index (κ1) is 22.4. The van der Waals surface area contributed by atoms with E-state index in [0.717, 1.165) is 19.3 Å². The Morgan fingerprint density at radius 3 is 1.96 bits per heavy atom. The van der Waals surface area contributed by atoms with Crippen LogP contribution in [0.4, 0.5) is 0 Å². The minimum absolute atomic E-state index is 0.271. The molecule has 0 saturated carbocycles. The van der Waals surface area contributed by atoms with Crippen LogP contribution in [-0.2, 0) is 9.53 Å². The fraction of sp³-hybridized carbons (Fsp3) is 0.591. The molecule has 0 aromatic carbocycles. The molecule has 0 rings (SSSR count). The molecule has 0 aromatic heterocycles. The fourth-order valence-corrected chi connectivity index (χ4v) is 2.16. The standard InChI is InChI=1S/C22H36O2/c1-4-5-6-7-8-9-10-11-12-13-14-15-16-17-18-19-20-24-22(23)21(2)3/h7-12H,2,4-6,13-20H2,1,3H3. The van der Waals surface area contributed by atoms with Crippen molar-refractivity contribution in [3.05, 3.63) is 48.6 Å². The summed E-state index contributed by atoms with van der Waals surface area (Å²) in [6, 6.07) is 0. The number of carbonyl (C=O) groups excluding carboxylic acids is 1. The predicted octanol–water partition coefficient (Wildman–Crippen LogP) is 6.70. The maximum absolute atomic E-state index is 11.2. The van der Waals surface area contributed by atoms with E-state index in [9.17, 15) is 4.79 Å². The summed E-state index contributed by atoms with van der Waals surface area (Å²) < 4.78 is 5.06. The third-order valence-electron chi connectivity index (χ3n) is 3.68. The van der Waals surface area contributed by atoms with Crippen LogP contribution in [0.2, 0.25) is 0 Å². The summed E-state index contributed by atoms with van der Waals surface area (Å²) >= 11 is 0. The van der Waals surface area contributed by atoms with Crippen LogP contribution in [0.1, 0.15) is 78.1 Å². The summed E-state index contributed by atoms with van der Waals surface area (Å²) in [5.74, 6) is -0.271. The normalized spacial score (nSPS) is 11.8. The van der Waals surface area contributed by atoms with Gasteiger partial charge in [0.1, 0.15) is 0 Å². The SMILES string of the molecule is C=C(C)C(=O)OCCCCCCCCC=CC=CC=CCCCC. The summed E-state index contributed by atoms with van der Waals surface area (Å²) in [6.07, 6.45) is 24.9. The van der Waals surface area contributed by atoms with Gasteiger partial charge in [0, 0.05) is 5.57 Å². The maximum atomic E-state index is 11.2. The van der Waals surface area contributed by atoms with Gasteiger partial charge in [-0.3, -0.25) is 0 Å². The highest BCUT2D eigenvalue weighted by atomic mass is 16.5. The molecule has 0 N–H and O–H groups in total. The number of hydrogen-bond acceptors (Lipinski definition) is 2. The fourth-order valence-electron chi connectivity index (χ4n) is 2.16. The lowest BCUT2D eigenvalue weighted by molar-refractivity contribution is -0.139. The van der Waals surface area contributed by atoms with Gasteiger partial charge in [0.25, 0.3) is 0 Å². The van der Waals surface area contributed by atoms with Crippen molar-refractivity contribution in [2.45, 2.75) is 78.1 Å². The van der Waals surface area contributed by atoms with Crippen LogP contribution < -0.4 is 0 Å². The number of allylic oxidation sites excluding steroid dienone is 6. The summed E-state index contributed by atoms with van der Waals surface area (Å²) in [5.41, 5.74) is 0.477. The van der Waals surface area contributed by atoms with Crippen LogP contribution in [0.15, 0.2) is 48.6 Å². The van der Waals surface area contributed by atoms with Gasteiger partial charge < -0.3 is 4.74 Å². The number of carbonyl (C=O) groups is 1. The molecule has 0 aliphatic heterocycles. The molecule has 0 atom stereocenters. The van der Waals surface area contributed by atoms with Crippen LogP contribution in [0, 0.1) is 0 Å². The first-order valence-electron chi connectivity index (χ1n) is 9.49. The summed E-state index contributed by atoms with van der Waals surface area (Å²) in [5, 5.41) is 0. The molecule has 0 bridgehead atoms. The van der Waals surface area contributed by atoms with E-state index in [4.69, 9.17) is 4.74 Å². The Balaban J connectivity index is 3.31. The highest BCUT2D eigenvalue weighted by Gasteiger charge is 2.01. The lowest BCUT2D eigenvalue weighted by Crippen LogP contribution is -2.05. The number of ether oxygens (including phenoxy) is 1. The molecule has 0 aromatic rings. The van der Waals surface area contributed by atoms with Crippen molar-refractivity contribution >= 4 is 5.97 Å². The number of rotatable bonds is 15. The second kappa shape index (κ2) is 17.8. The quantitative estimate of drug-likeness (QED) is 0.144. The van der Waals surface area contributed by atoms with Gasteiger partial charge in [0.05, 0.1) is 6.61 Å². The number of hydrogen-bond donors (Lipinski definition) is 0. The lowest BCUT2D eigenvalue weighted by Gasteiger charge is -2.04. The number of unbranched alkanes of at least 4 members (excludes halogenated alkanes) is 8. The average molecular weight is 333 g/mol. The number of esters is 1. The molecule has 24 heavy (non-hydrogen) atoms. The summed E-state index contributed by atoms with van der Waals surface area (Å²) in [6.45, 7) is 7.98. The van der Waals surface area contributed by atoms with Gasteiger partial charge in [0.15, 0.2) is 0 Å². The van der Waals surface area contributed by atoms with Crippen LogP contribution in [0.5, 0.6) is 0 Å². The van der Waals surface area contributed by atoms with Gasteiger partial charge >= 0.3 is 5.97 Å². The zero-order chi connectivity index (χ0) is 17.9. The van der Waals surface area contributed by atoms with E-state index < -0.39 is 0 Å². The maximum Gasteiger partial charge on any atom is 0.333 e. The highest BCUT2D eigenvalue weighted by Crippen LogP contribution is 2.08. The van der Waals surface area contributed by atoms with Crippen LogP contribution >= 0.6 is 0 Å². The summed E-state index contributed by atoms with van der Waals surface area (Å²) in [7, 11) is 0. The molecule has 0 radical (unpaired) electrons. The molecule has 0 amide bonds. The Morgan fingerprint density at radius 1 is 0.833 bits per heavy atom. The third-order valence-corrected chi connectivity index (χ3v) is 3.68. The van der Waals surface area contributed by atoms with Crippen LogP contribution in [0.25, 0.3) is 0 Å². The molecule has 0 saturated heterocycles. The first-order valence-corrected chi connectivity index (χ1v) is 9.49. The molecule has 2 nitrogen and oxygen atoms in total. The zero-order valence-electron chi connectivity index (χ0n) is 15.8. The highest BCUT2D eigenvalue weighted by molar-refractivity contribution is 5.86. The van der Waals surface area contributed by atoms with Gasteiger partial charge in [0.2, 0.25) is 0 Å². The van der Waals surface area contributed by atoms with Crippen molar-refractivity contribution in [3.8, 4) is 0 Å². The first-order chi connectivity index (χ1) is 11.7. The van der Waals surface area contributed by atoms with Crippen molar-refractivity contribution in [1.82, 2.24) is 0 Å². The molecule has 0 heterocycles. The van der Waals surface area contributed by atoms with Crippen molar-refractivity contribution in [2.24, 2.45) is 0 Å². The predicted molar refractivity (Wildman–Crippen MR) is 105 cm³/mol. The monoisotopic (exact) mass is 332 g/mol. The van der Waals surface area contributed by atoms with Crippen LogP contribution in [0.3, 0.4) is 0 Å². The van der Waals surface area contributed by atoms with Gasteiger partial charge in [-0.1, -0.05) is 88.5 Å². The molecular weight excluding hydrogens is 296 g/mol. The molecule has 2 heteroatoms. The van der Waals surface area contributed by atoms with Crippen molar-refractivity contribution in [2.75, 3.05) is 6.61 Å². The van der Waals surface area contributed by atoms with E-state index in [1.165, 1.54) is 44.9 Å². The summed E-state index contributed by atoms with van der Waals surface area (Å²) in [4.78, 5) is 11.2. The lowest BCUT2D eigenvalue weighted by atomic mass is 10.1. The Kier molecular flexibility index (Phi) is 16.6. The van der Waals surface area contributed by atoms with E-state index in [-0.39, 0.29) is 5.97 Å². The van der Waals surface area contributed by atoms with E-state index in [1.807, 2.05) is 0 Å². The van der Waals surface area contributed by atoms with Crippen molar-refractivity contribution < 1.29 is 9.53 Å². The Labute approximate surface area is 149 Å². The zero-order valence-corrected chi connectivity index (χ0v) is 15.8. The van der Waals surface area contributed by atoms with Gasteiger partial charge in [-0.25, -0.2) is 4.79 Å². The minimum atomic E-state index is -0.271. The Hall–Kier alpha value is -1.57. The largest absolute Gasteiger partial charge is 0.462 e. The van der Waals surface area contributed by atoms with Crippen LogP contribution in [-0.4, -0.2) is 12.6 Å². The molecular formula is C22H36O2. The third kappa shape index (κ3) is 16.8. The van der Waals surface area contributed by atoms with Crippen molar-refractivity contribution in [1.29, 1.82) is 0 Å². The molecule has 0 fully saturated rings. The molecule has 136 valence electrons. The van der Waals surface area contributed by atoms with E-state index >= 15 is 0 Å². The molecule has 0 unspecified atom stereocenters. The second-order valence-corrected chi connectivity index (χ2v) is 6.21. The average Bonchev–Trinajstić information content (AvgIpc) is 2.57. The minimum Gasteiger partial charge on any atom is -0.462 e. The van der Waals surface area contributed by atoms with E-state index in [2.05, 4.69) is 50.0 Å². The van der Waals surface area contributed by atoms with Gasteiger partial charge in [-0.2, -0.15) is 0 Å². The van der Waals surface area contributed by atoms with Gasteiger partial charge in [-0.15, -0.1) is 0 Å². The van der Waals surface area contributed by atoms with Crippen molar-refractivity contribution in [3.63, 3.8) is 0 Å². The topological polar surface area (TPSA) is 26.3 Å². The Morgan fingerprint density at radius 2 is 1.38 bits per heavy atom. The smallest absolute Gasteiger partial charge is 0.333 e. The van der Waals surface area contributed by atoms with Gasteiger partial charge in [-0.05, 0) is 32.6 Å². The molecule has 0 aliphatic carbocycles. The Bertz CT molecular complexity index is 402. The molecule has 0 spiro atoms. The second-order valence-electron chi connectivity index (χ2n) is 6.21.